The molecule has 0 spiro atoms. The van der Waals surface area contributed by atoms with Gasteiger partial charge in [-0.05, 0) is 38.0 Å². The van der Waals surface area contributed by atoms with E-state index in [1.54, 1.807) is 23.7 Å². The summed E-state index contributed by atoms with van der Waals surface area (Å²) in [4.78, 5) is 13.4. The van der Waals surface area contributed by atoms with E-state index in [4.69, 9.17) is 4.42 Å². The lowest BCUT2D eigenvalue weighted by atomic mass is 10.1. The molecule has 0 atom stereocenters. The SMILES string of the molecule is CC(C)c1cc(-c2nnc(SCC(=O)NCc3ccco3)n2C(C)C)cs1. The number of amides is 1. The molecule has 144 valence electrons. The number of hydrogen-bond acceptors (Lipinski definition) is 6. The maximum Gasteiger partial charge on any atom is 0.230 e. The Bertz CT molecular complexity index is 882. The van der Waals surface area contributed by atoms with Crippen LogP contribution >= 0.6 is 23.1 Å². The Hall–Kier alpha value is -2.06. The third kappa shape index (κ3) is 4.81. The van der Waals surface area contributed by atoms with Crippen LogP contribution < -0.4 is 5.32 Å². The summed E-state index contributed by atoms with van der Waals surface area (Å²) in [5.41, 5.74) is 1.08. The molecule has 0 aromatic carbocycles. The van der Waals surface area contributed by atoms with Crippen molar-refractivity contribution < 1.29 is 9.21 Å². The minimum atomic E-state index is -0.0612. The Kier molecular flexibility index (Phi) is 6.38. The van der Waals surface area contributed by atoms with E-state index in [1.807, 2.05) is 6.07 Å². The molecule has 0 saturated heterocycles. The summed E-state index contributed by atoms with van der Waals surface area (Å²) in [5.74, 6) is 2.30. The Labute approximate surface area is 167 Å². The van der Waals surface area contributed by atoms with Gasteiger partial charge in [-0.3, -0.25) is 9.36 Å². The highest BCUT2D eigenvalue weighted by atomic mass is 32.2. The van der Waals surface area contributed by atoms with E-state index in [0.717, 1.165) is 22.3 Å². The van der Waals surface area contributed by atoms with E-state index in [9.17, 15) is 4.79 Å². The van der Waals surface area contributed by atoms with Crippen molar-refractivity contribution in [2.45, 2.75) is 51.4 Å². The molecule has 0 saturated carbocycles. The lowest BCUT2D eigenvalue weighted by Crippen LogP contribution is -2.24. The molecule has 3 aromatic rings. The van der Waals surface area contributed by atoms with Crippen LogP contribution in [0.5, 0.6) is 0 Å². The minimum absolute atomic E-state index is 0.0612. The van der Waals surface area contributed by atoms with Crippen LogP contribution in [0.3, 0.4) is 0 Å². The van der Waals surface area contributed by atoms with Crippen LogP contribution in [0.1, 0.15) is 50.3 Å². The molecular weight excluding hydrogens is 380 g/mol. The number of carbonyl (C=O) groups excluding carboxylic acids is 1. The van der Waals surface area contributed by atoms with E-state index in [1.165, 1.54) is 16.6 Å². The lowest BCUT2D eigenvalue weighted by molar-refractivity contribution is -0.118. The normalized spacial score (nSPS) is 11.5. The largest absolute Gasteiger partial charge is 0.467 e. The van der Waals surface area contributed by atoms with Gasteiger partial charge in [0.2, 0.25) is 5.91 Å². The second-order valence-electron chi connectivity index (χ2n) is 6.81. The number of nitrogens with one attached hydrogen (secondary N) is 1. The molecule has 0 unspecified atom stereocenters. The van der Waals surface area contributed by atoms with Crippen LogP contribution in [0.25, 0.3) is 11.4 Å². The molecule has 0 bridgehead atoms. The summed E-state index contributed by atoms with van der Waals surface area (Å²) in [6.07, 6.45) is 1.60. The molecular formula is C19H24N4O2S2. The molecule has 0 aliphatic rings. The molecule has 0 aliphatic heterocycles. The lowest BCUT2D eigenvalue weighted by Gasteiger charge is -2.13. The quantitative estimate of drug-likeness (QED) is 0.550. The molecule has 0 radical (unpaired) electrons. The number of carbonyl (C=O) groups is 1. The molecule has 6 nitrogen and oxygen atoms in total. The number of rotatable bonds is 8. The van der Waals surface area contributed by atoms with Crippen molar-refractivity contribution >= 4 is 29.0 Å². The second-order valence-corrected chi connectivity index (χ2v) is 8.69. The Balaban J connectivity index is 1.68. The summed E-state index contributed by atoms with van der Waals surface area (Å²) < 4.78 is 7.32. The molecule has 1 amide bonds. The van der Waals surface area contributed by atoms with Gasteiger partial charge in [-0.15, -0.1) is 21.5 Å². The third-order valence-corrected chi connectivity index (χ3v) is 6.18. The molecule has 8 heteroatoms. The van der Waals surface area contributed by atoms with Gasteiger partial charge in [-0.1, -0.05) is 25.6 Å². The first-order valence-electron chi connectivity index (χ1n) is 8.91. The molecule has 0 fully saturated rings. The van der Waals surface area contributed by atoms with E-state index >= 15 is 0 Å². The van der Waals surface area contributed by atoms with Gasteiger partial charge < -0.3 is 9.73 Å². The summed E-state index contributed by atoms with van der Waals surface area (Å²) >= 11 is 3.14. The first-order chi connectivity index (χ1) is 13.0. The maximum absolute atomic E-state index is 12.1. The van der Waals surface area contributed by atoms with Crippen LogP contribution in [0.15, 0.2) is 39.4 Å². The van der Waals surface area contributed by atoms with E-state index < -0.39 is 0 Å². The summed E-state index contributed by atoms with van der Waals surface area (Å²) in [7, 11) is 0. The molecule has 3 rings (SSSR count). The van der Waals surface area contributed by atoms with Gasteiger partial charge in [0, 0.05) is 21.9 Å². The van der Waals surface area contributed by atoms with E-state index in [0.29, 0.717) is 12.5 Å². The molecule has 3 heterocycles. The van der Waals surface area contributed by atoms with Crippen LogP contribution in [0, 0.1) is 0 Å². The van der Waals surface area contributed by atoms with Crippen molar-refractivity contribution in [1.29, 1.82) is 0 Å². The predicted octanol–water partition coefficient (Wildman–Crippen LogP) is 4.71. The summed E-state index contributed by atoms with van der Waals surface area (Å²) in [6, 6.07) is 6.02. The van der Waals surface area contributed by atoms with Gasteiger partial charge in [-0.25, -0.2) is 0 Å². The second kappa shape index (κ2) is 8.75. The number of furan rings is 1. The number of thiophene rings is 1. The van der Waals surface area contributed by atoms with Crippen molar-refractivity contribution in [3.63, 3.8) is 0 Å². The zero-order valence-electron chi connectivity index (χ0n) is 15.9. The minimum Gasteiger partial charge on any atom is -0.467 e. The first-order valence-corrected chi connectivity index (χ1v) is 10.8. The fraction of sp³-hybridized carbons (Fsp3) is 0.421. The highest BCUT2D eigenvalue weighted by molar-refractivity contribution is 7.99. The molecule has 27 heavy (non-hydrogen) atoms. The van der Waals surface area contributed by atoms with E-state index in [2.05, 4.69) is 59.2 Å². The van der Waals surface area contributed by atoms with Crippen molar-refractivity contribution in [1.82, 2.24) is 20.1 Å². The van der Waals surface area contributed by atoms with Crippen molar-refractivity contribution in [3.8, 4) is 11.4 Å². The average molecular weight is 405 g/mol. The van der Waals surface area contributed by atoms with Gasteiger partial charge >= 0.3 is 0 Å². The maximum atomic E-state index is 12.1. The van der Waals surface area contributed by atoms with Gasteiger partial charge in [0.1, 0.15) is 5.76 Å². The fourth-order valence-corrected chi connectivity index (χ4v) is 4.39. The number of hydrogen-bond donors (Lipinski definition) is 1. The Morgan fingerprint density at radius 1 is 1.33 bits per heavy atom. The number of aromatic nitrogens is 3. The molecule has 1 N–H and O–H groups in total. The predicted molar refractivity (Wildman–Crippen MR) is 109 cm³/mol. The Morgan fingerprint density at radius 3 is 2.78 bits per heavy atom. The first kappa shape index (κ1) is 19.7. The Morgan fingerprint density at radius 2 is 2.15 bits per heavy atom. The fourth-order valence-electron chi connectivity index (χ4n) is 2.59. The van der Waals surface area contributed by atoms with E-state index in [-0.39, 0.29) is 17.7 Å². The standard InChI is InChI=1S/C19H24N4O2S2/c1-12(2)16-8-14(10-26-16)18-21-22-19(23(18)13(3)4)27-11-17(24)20-9-15-6-5-7-25-15/h5-8,10,12-13H,9,11H2,1-4H3,(H,20,24). The zero-order valence-corrected chi connectivity index (χ0v) is 17.6. The summed E-state index contributed by atoms with van der Waals surface area (Å²) in [5, 5.41) is 14.5. The summed E-state index contributed by atoms with van der Waals surface area (Å²) in [6.45, 7) is 8.96. The third-order valence-electron chi connectivity index (χ3n) is 4.00. The number of nitrogens with zero attached hydrogens (tertiary/aromatic N) is 3. The van der Waals surface area contributed by atoms with Crippen molar-refractivity contribution in [2.75, 3.05) is 5.75 Å². The molecule has 3 aromatic heterocycles. The van der Waals surface area contributed by atoms with Gasteiger partial charge in [0.05, 0.1) is 18.6 Å². The number of thioether (sulfide) groups is 1. The molecule has 0 aliphatic carbocycles. The smallest absolute Gasteiger partial charge is 0.230 e. The van der Waals surface area contributed by atoms with Crippen molar-refractivity contribution in [2.24, 2.45) is 0 Å². The average Bonchev–Trinajstić information content (AvgIpc) is 3.37. The van der Waals surface area contributed by atoms with Gasteiger partial charge in [0.25, 0.3) is 0 Å². The van der Waals surface area contributed by atoms with Crippen LogP contribution in [0.4, 0.5) is 0 Å². The zero-order chi connectivity index (χ0) is 19.4. The van der Waals surface area contributed by atoms with Crippen LogP contribution in [0.2, 0.25) is 0 Å². The van der Waals surface area contributed by atoms with Gasteiger partial charge in [-0.2, -0.15) is 0 Å². The van der Waals surface area contributed by atoms with Crippen molar-refractivity contribution in [3.05, 3.63) is 40.5 Å². The van der Waals surface area contributed by atoms with Crippen LogP contribution in [-0.4, -0.2) is 26.4 Å². The van der Waals surface area contributed by atoms with Gasteiger partial charge in [0.15, 0.2) is 11.0 Å². The van der Waals surface area contributed by atoms with Crippen LogP contribution in [-0.2, 0) is 11.3 Å². The highest BCUT2D eigenvalue weighted by Crippen LogP contribution is 2.32. The topological polar surface area (TPSA) is 73.0 Å². The monoisotopic (exact) mass is 404 g/mol. The highest BCUT2D eigenvalue weighted by Gasteiger charge is 2.19.